The predicted molar refractivity (Wildman–Crippen MR) is 246 cm³/mol. The molecule has 2 aliphatic rings. The normalized spacial score (nSPS) is 15.4. The molecule has 2 unspecified atom stereocenters. The number of anilines is 5. The maximum Gasteiger partial charge on any atom is 0.0629 e. The first-order valence-corrected chi connectivity index (χ1v) is 20.2. The van der Waals surface area contributed by atoms with Crippen LogP contribution in [-0.4, -0.2) is 6.04 Å². The van der Waals surface area contributed by atoms with Gasteiger partial charge in [-0.2, -0.15) is 0 Å². The van der Waals surface area contributed by atoms with E-state index in [1.165, 1.54) is 71.9 Å². The number of nitrogens with zero attached hydrogens (tertiary/aromatic N) is 2. The van der Waals surface area contributed by atoms with Gasteiger partial charge in [-0.25, -0.2) is 0 Å². The van der Waals surface area contributed by atoms with E-state index in [4.69, 9.17) is 0 Å². The molecule has 0 saturated heterocycles. The first-order chi connectivity index (χ1) is 28.8. The highest BCUT2D eigenvalue weighted by molar-refractivity contribution is 6.21. The van der Waals surface area contributed by atoms with Gasteiger partial charge < -0.3 is 9.80 Å². The van der Waals surface area contributed by atoms with Gasteiger partial charge in [0.1, 0.15) is 0 Å². The van der Waals surface area contributed by atoms with Gasteiger partial charge in [0.05, 0.1) is 6.04 Å². The zero-order valence-electron chi connectivity index (χ0n) is 32.0. The molecule has 1 heterocycles. The van der Waals surface area contributed by atoms with E-state index in [9.17, 15) is 0 Å². The van der Waals surface area contributed by atoms with E-state index in [2.05, 4.69) is 240 Å². The maximum absolute atomic E-state index is 2.49. The minimum atomic E-state index is 0.275. The van der Waals surface area contributed by atoms with Gasteiger partial charge >= 0.3 is 0 Å². The number of para-hydroxylation sites is 2. The van der Waals surface area contributed by atoms with Crippen LogP contribution in [0.3, 0.4) is 0 Å². The summed E-state index contributed by atoms with van der Waals surface area (Å²) in [6.07, 6.45) is 9.06. The van der Waals surface area contributed by atoms with Gasteiger partial charge in [0.2, 0.25) is 0 Å². The van der Waals surface area contributed by atoms with Crippen molar-refractivity contribution in [3.8, 4) is 33.4 Å². The van der Waals surface area contributed by atoms with E-state index in [1.807, 2.05) is 0 Å². The van der Waals surface area contributed by atoms with E-state index in [-0.39, 0.29) is 6.04 Å². The van der Waals surface area contributed by atoms with E-state index >= 15 is 0 Å². The SMILES string of the molecule is C1=CC2c3cc(-c4ccc(N(c5ccccc5)c5ccc(-c6c7ccccc7c(-c7ccccc7)c7ccccc67)cc5)cc4)ccc3N(c3ccccc3)C2C=C1. The van der Waals surface area contributed by atoms with Crippen LogP contribution in [0.2, 0.25) is 0 Å². The molecule has 2 heteroatoms. The fraction of sp³-hybridized carbons (Fsp3) is 0.0357. The third kappa shape index (κ3) is 5.73. The summed E-state index contributed by atoms with van der Waals surface area (Å²) >= 11 is 0. The van der Waals surface area contributed by atoms with Crippen LogP contribution in [0.15, 0.2) is 231 Å². The van der Waals surface area contributed by atoms with Gasteiger partial charge in [0.15, 0.2) is 0 Å². The van der Waals surface area contributed by atoms with Crippen molar-refractivity contribution in [1.29, 1.82) is 0 Å². The van der Waals surface area contributed by atoms with E-state index in [1.54, 1.807) is 0 Å². The van der Waals surface area contributed by atoms with Gasteiger partial charge in [-0.15, -0.1) is 0 Å². The third-order valence-corrected chi connectivity index (χ3v) is 12.0. The summed E-state index contributed by atoms with van der Waals surface area (Å²) in [6, 6.07) is 75.4. The lowest BCUT2D eigenvalue weighted by Crippen LogP contribution is -2.28. The minimum Gasteiger partial charge on any atom is -0.333 e. The summed E-state index contributed by atoms with van der Waals surface area (Å²) in [4.78, 5) is 4.84. The number of hydrogen-bond acceptors (Lipinski definition) is 2. The molecule has 0 N–H and O–H groups in total. The van der Waals surface area contributed by atoms with Gasteiger partial charge in [0, 0.05) is 34.4 Å². The molecule has 0 aromatic heterocycles. The zero-order chi connectivity index (χ0) is 38.4. The molecule has 1 aliphatic heterocycles. The molecule has 0 fully saturated rings. The van der Waals surface area contributed by atoms with Crippen molar-refractivity contribution >= 4 is 50.0 Å². The highest BCUT2D eigenvalue weighted by atomic mass is 15.2. The lowest BCUT2D eigenvalue weighted by atomic mass is 9.86. The standard InChI is InChI=1S/C56H40N2/c1-4-16-40(17-5-1)55-48-23-10-12-25-50(48)56(51-26-13-11-24-49(51)55)41-30-35-46(36-31-41)57(43-18-6-2-7-19-43)45-33-28-39(29-34-45)42-32-37-54-52(38-42)47-22-14-15-27-53(47)58(54)44-20-8-3-9-21-44/h1-38,47,53H. The second-order valence-electron chi connectivity index (χ2n) is 15.2. The van der Waals surface area contributed by atoms with Gasteiger partial charge in [-0.3, -0.25) is 0 Å². The maximum atomic E-state index is 2.49. The number of benzene rings is 9. The van der Waals surface area contributed by atoms with Gasteiger partial charge in [0.25, 0.3) is 0 Å². The fourth-order valence-corrected chi connectivity index (χ4v) is 9.37. The van der Waals surface area contributed by atoms with Crippen molar-refractivity contribution in [2.45, 2.75) is 12.0 Å². The van der Waals surface area contributed by atoms with Crippen molar-refractivity contribution < 1.29 is 0 Å². The molecule has 1 aliphatic carbocycles. The molecule has 11 rings (SSSR count). The summed E-state index contributed by atoms with van der Waals surface area (Å²) in [5.74, 6) is 0.314. The number of rotatable bonds is 7. The Morgan fingerprint density at radius 1 is 0.362 bits per heavy atom. The average molecular weight is 741 g/mol. The van der Waals surface area contributed by atoms with Crippen molar-refractivity contribution in [3.05, 3.63) is 236 Å². The average Bonchev–Trinajstić information content (AvgIpc) is 3.63. The summed E-state index contributed by atoms with van der Waals surface area (Å²) in [5.41, 5.74) is 14.6. The van der Waals surface area contributed by atoms with Gasteiger partial charge in [-0.1, -0.05) is 170 Å². The van der Waals surface area contributed by atoms with Crippen LogP contribution < -0.4 is 9.80 Å². The quantitative estimate of drug-likeness (QED) is 0.150. The Morgan fingerprint density at radius 2 is 0.810 bits per heavy atom. The van der Waals surface area contributed by atoms with E-state index in [0.29, 0.717) is 5.92 Å². The molecule has 2 nitrogen and oxygen atoms in total. The topological polar surface area (TPSA) is 6.48 Å². The van der Waals surface area contributed by atoms with Crippen molar-refractivity contribution in [3.63, 3.8) is 0 Å². The Kier molecular flexibility index (Phi) is 8.33. The van der Waals surface area contributed by atoms with Crippen LogP contribution >= 0.6 is 0 Å². The molecule has 2 atom stereocenters. The fourth-order valence-electron chi connectivity index (χ4n) is 9.37. The summed E-state index contributed by atoms with van der Waals surface area (Å²) in [7, 11) is 0. The molecular formula is C56H40N2. The van der Waals surface area contributed by atoms with E-state index < -0.39 is 0 Å². The first kappa shape index (κ1) is 33.9. The Labute approximate surface area is 339 Å². The summed E-state index contributed by atoms with van der Waals surface area (Å²) in [5, 5.41) is 5.05. The van der Waals surface area contributed by atoms with Gasteiger partial charge in [-0.05, 0) is 121 Å². The molecule has 0 radical (unpaired) electrons. The first-order valence-electron chi connectivity index (χ1n) is 20.2. The van der Waals surface area contributed by atoms with E-state index in [0.717, 1.165) is 17.1 Å². The van der Waals surface area contributed by atoms with Crippen LogP contribution in [0.25, 0.3) is 54.9 Å². The Hall–Kier alpha value is -7.42. The molecule has 274 valence electrons. The predicted octanol–water partition coefficient (Wildman–Crippen LogP) is 15.2. The molecule has 9 aromatic carbocycles. The van der Waals surface area contributed by atoms with Crippen LogP contribution in [0.4, 0.5) is 28.4 Å². The van der Waals surface area contributed by atoms with Crippen molar-refractivity contribution in [2.75, 3.05) is 9.80 Å². The Bertz CT molecular complexity index is 2930. The summed E-state index contributed by atoms with van der Waals surface area (Å²) in [6.45, 7) is 0. The molecule has 58 heavy (non-hydrogen) atoms. The van der Waals surface area contributed by atoms with Crippen molar-refractivity contribution in [1.82, 2.24) is 0 Å². The highest BCUT2D eigenvalue weighted by Crippen LogP contribution is 2.49. The lowest BCUT2D eigenvalue weighted by molar-refractivity contribution is 0.745. The molecule has 0 spiro atoms. The molecule has 9 aromatic rings. The number of allylic oxidation sites excluding steroid dienone is 2. The molecule has 0 bridgehead atoms. The highest BCUT2D eigenvalue weighted by Gasteiger charge is 2.37. The van der Waals surface area contributed by atoms with Crippen LogP contribution in [-0.2, 0) is 0 Å². The second-order valence-corrected chi connectivity index (χ2v) is 15.2. The third-order valence-electron chi connectivity index (χ3n) is 12.0. The van der Waals surface area contributed by atoms with Crippen molar-refractivity contribution in [2.24, 2.45) is 0 Å². The van der Waals surface area contributed by atoms with Crippen LogP contribution in [0, 0.1) is 0 Å². The molecule has 0 amide bonds. The molecule has 0 saturated carbocycles. The number of fused-ring (bicyclic) bond motifs is 5. The second kappa shape index (κ2) is 14.3. The molecular weight excluding hydrogens is 701 g/mol. The Balaban J connectivity index is 0.965. The van der Waals surface area contributed by atoms with Crippen LogP contribution in [0.1, 0.15) is 11.5 Å². The number of hydrogen-bond donors (Lipinski definition) is 0. The largest absolute Gasteiger partial charge is 0.333 e. The minimum absolute atomic E-state index is 0.275. The zero-order valence-corrected chi connectivity index (χ0v) is 32.0. The Morgan fingerprint density at radius 3 is 1.40 bits per heavy atom. The summed E-state index contributed by atoms with van der Waals surface area (Å²) < 4.78 is 0. The lowest BCUT2D eigenvalue weighted by Gasteiger charge is -2.28. The smallest absolute Gasteiger partial charge is 0.0629 e. The monoisotopic (exact) mass is 740 g/mol. The van der Waals surface area contributed by atoms with Crippen LogP contribution in [0.5, 0.6) is 0 Å².